The van der Waals surface area contributed by atoms with Gasteiger partial charge in [0.15, 0.2) is 5.82 Å². The highest BCUT2D eigenvalue weighted by Gasteiger charge is 2.14. The van der Waals surface area contributed by atoms with Gasteiger partial charge in [0.05, 0.1) is 30.3 Å². The number of aryl methyl sites for hydroxylation is 2. The molecule has 0 aliphatic carbocycles. The summed E-state index contributed by atoms with van der Waals surface area (Å²) in [7, 11) is 5.16. The summed E-state index contributed by atoms with van der Waals surface area (Å²) >= 11 is 5.38. The lowest BCUT2D eigenvalue weighted by Crippen LogP contribution is -2.19. The number of fused-ring (bicyclic) bond motifs is 1. The quantitative estimate of drug-likeness (QED) is 0.507. The van der Waals surface area contributed by atoms with Gasteiger partial charge in [-0.25, -0.2) is 14.6 Å². The third-order valence-corrected chi connectivity index (χ3v) is 5.07. The third kappa shape index (κ3) is 2.89. The number of nitrogens with one attached hydrogen (secondary N) is 2. The Morgan fingerprint density at radius 2 is 1.89 bits per heavy atom. The van der Waals surface area contributed by atoms with E-state index in [1.54, 1.807) is 35.0 Å². The summed E-state index contributed by atoms with van der Waals surface area (Å²) in [5, 5.41) is 7.16. The van der Waals surface area contributed by atoms with Crippen molar-refractivity contribution in [1.82, 2.24) is 24.0 Å². The standard InChI is InChI=1S/C19H20N6O2S/c1-23-14-9-8-12(10-15(14)24(2)19(23)26)11-20-25-17(21-22-18(25)28)13-6-4-5-7-16(13)27-3/h4-10,20H,11H2,1-3H3,(H,22,28). The summed E-state index contributed by atoms with van der Waals surface area (Å²) in [6.07, 6.45) is 0. The number of aromatic nitrogens is 5. The largest absolute Gasteiger partial charge is 0.496 e. The first kappa shape index (κ1) is 18.1. The predicted molar refractivity (Wildman–Crippen MR) is 111 cm³/mol. The number of nitrogens with zero attached hydrogens (tertiary/aromatic N) is 4. The Morgan fingerprint density at radius 3 is 2.68 bits per heavy atom. The average Bonchev–Trinajstić information content (AvgIpc) is 3.19. The molecule has 2 aromatic carbocycles. The maximum Gasteiger partial charge on any atom is 0.328 e. The summed E-state index contributed by atoms with van der Waals surface area (Å²) in [4.78, 5) is 12.1. The normalized spacial score (nSPS) is 11.1. The van der Waals surface area contributed by atoms with Gasteiger partial charge in [-0.15, -0.1) is 0 Å². The van der Waals surface area contributed by atoms with Crippen molar-refractivity contribution >= 4 is 23.3 Å². The van der Waals surface area contributed by atoms with Crippen LogP contribution in [0.15, 0.2) is 47.3 Å². The highest BCUT2D eigenvalue weighted by Crippen LogP contribution is 2.27. The minimum Gasteiger partial charge on any atom is -0.496 e. The molecule has 0 saturated carbocycles. The Labute approximate surface area is 166 Å². The van der Waals surface area contributed by atoms with E-state index in [0.29, 0.717) is 22.9 Å². The molecule has 9 heteroatoms. The molecule has 2 aromatic heterocycles. The molecule has 0 fully saturated rings. The van der Waals surface area contributed by atoms with Gasteiger partial charge in [-0.05, 0) is 42.0 Å². The second-order valence-electron chi connectivity index (χ2n) is 6.45. The van der Waals surface area contributed by atoms with Crippen molar-refractivity contribution in [3.05, 3.63) is 63.3 Å². The van der Waals surface area contributed by atoms with Crippen LogP contribution < -0.4 is 15.9 Å². The van der Waals surface area contributed by atoms with E-state index in [1.165, 1.54) is 0 Å². The van der Waals surface area contributed by atoms with Gasteiger partial charge < -0.3 is 10.2 Å². The molecule has 0 amide bonds. The fraction of sp³-hybridized carbons (Fsp3) is 0.211. The molecule has 28 heavy (non-hydrogen) atoms. The van der Waals surface area contributed by atoms with E-state index in [2.05, 4.69) is 15.6 Å². The highest BCUT2D eigenvalue weighted by molar-refractivity contribution is 7.71. The topological polar surface area (TPSA) is 81.8 Å². The van der Waals surface area contributed by atoms with Gasteiger partial charge >= 0.3 is 5.69 Å². The van der Waals surface area contributed by atoms with Gasteiger partial charge in [-0.3, -0.25) is 9.13 Å². The van der Waals surface area contributed by atoms with Crippen molar-refractivity contribution in [1.29, 1.82) is 0 Å². The summed E-state index contributed by atoms with van der Waals surface area (Å²) in [6, 6.07) is 13.6. The van der Waals surface area contributed by atoms with Crippen LogP contribution in [0.2, 0.25) is 0 Å². The molecule has 144 valence electrons. The zero-order chi connectivity index (χ0) is 19.8. The first-order valence-corrected chi connectivity index (χ1v) is 9.11. The van der Waals surface area contributed by atoms with Crippen molar-refractivity contribution in [3.63, 3.8) is 0 Å². The van der Waals surface area contributed by atoms with Crippen LogP contribution in [0.3, 0.4) is 0 Å². The zero-order valence-corrected chi connectivity index (χ0v) is 16.6. The first-order valence-electron chi connectivity index (χ1n) is 8.70. The zero-order valence-electron chi connectivity index (χ0n) is 15.8. The number of methoxy groups -OCH3 is 1. The summed E-state index contributed by atoms with van der Waals surface area (Å²) in [5.41, 5.74) is 6.87. The molecule has 0 radical (unpaired) electrons. The molecule has 0 aliphatic heterocycles. The molecule has 0 unspecified atom stereocenters. The molecule has 0 atom stereocenters. The molecule has 2 N–H and O–H groups in total. The fourth-order valence-electron chi connectivity index (χ4n) is 3.29. The number of para-hydroxylation sites is 1. The number of ether oxygens (including phenoxy) is 1. The van der Waals surface area contributed by atoms with E-state index in [9.17, 15) is 4.79 Å². The van der Waals surface area contributed by atoms with Gasteiger partial charge in [0.2, 0.25) is 4.77 Å². The molecule has 0 saturated heterocycles. The average molecular weight is 396 g/mol. The van der Waals surface area contributed by atoms with E-state index >= 15 is 0 Å². The van der Waals surface area contributed by atoms with Crippen molar-refractivity contribution < 1.29 is 4.74 Å². The van der Waals surface area contributed by atoms with Crippen LogP contribution in [0, 0.1) is 4.77 Å². The summed E-state index contributed by atoms with van der Waals surface area (Å²) < 4.78 is 10.9. The monoisotopic (exact) mass is 396 g/mol. The molecule has 4 rings (SSSR count). The molecule has 8 nitrogen and oxygen atoms in total. The molecule has 2 heterocycles. The fourth-order valence-corrected chi connectivity index (χ4v) is 3.48. The number of hydrogen-bond donors (Lipinski definition) is 2. The highest BCUT2D eigenvalue weighted by atomic mass is 32.1. The second kappa shape index (κ2) is 7.01. The lowest BCUT2D eigenvalue weighted by molar-refractivity contribution is 0.416. The van der Waals surface area contributed by atoms with Gasteiger partial charge in [-0.2, -0.15) is 5.10 Å². The van der Waals surface area contributed by atoms with E-state index in [1.807, 2.05) is 42.5 Å². The van der Waals surface area contributed by atoms with Gasteiger partial charge in [0.1, 0.15) is 5.75 Å². The lowest BCUT2D eigenvalue weighted by Gasteiger charge is -2.12. The molecule has 0 aliphatic rings. The Hall–Kier alpha value is -3.33. The van der Waals surface area contributed by atoms with E-state index < -0.39 is 0 Å². The van der Waals surface area contributed by atoms with Crippen molar-refractivity contribution in [2.24, 2.45) is 14.1 Å². The predicted octanol–water partition coefficient (Wildman–Crippen LogP) is 2.55. The minimum atomic E-state index is -0.0457. The van der Waals surface area contributed by atoms with Crippen LogP contribution in [-0.4, -0.2) is 31.1 Å². The third-order valence-electron chi connectivity index (χ3n) is 4.80. The Kier molecular flexibility index (Phi) is 4.52. The van der Waals surface area contributed by atoms with Crippen LogP contribution in [0.5, 0.6) is 5.75 Å². The minimum absolute atomic E-state index is 0.0457. The Morgan fingerprint density at radius 1 is 1.14 bits per heavy atom. The summed E-state index contributed by atoms with van der Waals surface area (Å²) in [6.45, 7) is 0.509. The first-order chi connectivity index (χ1) is 13.5. The molecule has 0 spiro atoms. The molecule has 4 aromatic rings. The molecular formula is C19H20N6O2S. The van der Waals surface area contributed by atoms with Crippen molar-refractivity contribution in [3.8, 4) is 17.1 Å². The number of benzene rings is 2. The smallest absolute Gasteiger partial charge is 0.328 e. The number of hydrogen-bond acceptors (Lipinski definition) is 5. The second-order valence-corrected chi connectivity index (χ2v) is 6.83. The van der Waals surface area contributed by atoms with Crippen LogP contribution in [0.4, 0.5) is 0 Å². The lowest BCUT2D eigenvalue weighted by atomic mass is 10.2. The number of aromatic amines is 1. The van der Waals surface area contributed by atoms with Crippen LogP contribution >= 0.6 is 12.2 Å². The van der Waals surface area contributed by atoms with E-state index in [0.717, 1.165) is 22.2 Å². The van der Waals surface area contributed by atoms with Crippen molar-refractivity contribution in [2.45, 2.75) is 6.54 Å². The van der Waals surface area contributed by atoms with E-state index in [4.69, 9.17) is 17.0 Å². The van der Waals surface area contributed by atoms with Crippen LogP contribution in [0.25, 0.3) is 22.4 Å². The van der Waals surface area contributed by atoms with Crippen LogP contribution in [-0.2, 0) is 20.6 Å². The maximum absolute atomic E-state index is 12.1. The summed E-state index contributed by atoms with van der Waals surface area (Å²) in [5.74, 6) is 1.34. The SMILES string of the molecule is COc1ccccc1-c1n[nH]c(=S)n1NCc1ccc2c(c1)n(C)c(=O)n2C. The van der Waals surface area contributed by atoms with Gasteiger partial charge in [0.25, 0.3) is 0 Å². The molecular weight excluding hydrogens is 376 g/mol. The molecule has 0 bridgehead atoms. The number of H-pyrrole nitrogens is 1. The maximum atomic E-state index is 12.1. The van der Waals surface area contributed by atoms with Crippen LogP contribution in [0.1, 0.15) is 5.56 Å². The number of rotatable bonds is 5. The number of imidazole rings is 1. The van der Waals surface area contributed by atoms with E-state index in [-0.39, 0.29) is 5.69 Å². The van der Waals surface area contributed by atoms with Gasteiger partial charge in [-0.1, -0.05) is 18.2 Å². The van der Waals surface area contributed by atoms with Gasteiger partial charge in [0, 0.05) is 14.1 Å². The Bertz CT molecular complexity index is 1280. The Balaban J connectivity index is 1.67. The van der Waals surface area contributed by atoms with Crippen molar-refractivity contribution in [2.75, 3.05) is 12.5 Å².